The highest BCUT2D eigenvalue weighted by Gasteiger charge is 2.15. The van der Waals surface area contributed by atoms with Crippen LogP contribution in [0.5, 0.6) is 11.5 Å². The first-order valence-corrected chi connectivity index (χ1v) is 17.6. The fourth-order valence-corrected chi connectivity index (χ4v) is 5.79. The van der Waals surface area contributed by atoms with E-state index in [0.29, 0.717) is 63.6 Å². The molecule has 0 heterocycles. The van der Waals surface area contributed by atoms with Crippen LogP contribution in [-0.4, -0.2) is 63.3 Å². The van der Waals surface area contributed by atoms with Crippen molar-refractivity contribution in [3.05, 3.63) is 23.3 Å². The molecular formula is C32H57ClO6S. The molecule has 0 aromatic heterocycles. The van der Waals surface area contributed by atoms with E-state index in [-0.39, 0.29) is 0 Å². The molecule has 40 heavy (non-hydrogen) atoms. The van der Waals surface area contributed by atoms with Crippen molar-refractivity contribution >= 4 is 22.4 Å². The summed E-state index contributed by atoms with van der Waals surface area (Å²) in [5, 5.41) is 0. The molecule has 0 radical (unpaired) electrons. The first kappa shape index (κ1) is 37.2. The van der Waals surface area contributed by atoms with E-state index in [0.717, 1.165) is 41.9 Å². The predicted molar refractivity (Wildman–Crippen MR) is 169 cm³/mol. The fourth-order valence-electron chi connectivity index (χ4n) is 4.34. The van der Waals surface area contributed by atoms with Gasteiger partial charge in [-0.1, -0.05) is 84.5 Å². The van der Waals surface area contributed by atoms with Gasteiger partial charge in [0.05, 0.1) is 51.3 Å². The lowest BCUT2D eigenvalue weighted by Crippen LogP contribution is -2.13. The van der Waals surface area contributed by atoms with Crippen LogP contribution in [0.25, 0.3) is 0 Å². The SMILES string of the molecule is CCCCCCCCCOc1cc(CCl)c(OCCOCCOCCOC)cc1CS(=O)CCCCCCCC. The topological polar surface area (TPSA) is 63.2 Å². The number of halogens is 1. The molecule has 0 saturated heterocycles. The van der Waals surface area contributed by atoms with E-state index in [9.17, 15) is 4.21 Å². The maximum absolute atomic E-state index is 13.0. The predicted octanol–water partition coefficient (Wildman–Crippen LogP) is 8.22. The molecule has 0 fully saturated rings. The van der Waals surface area contributed by atoms with Gasteiger partial charge in [0.25, 0.3) is 0 Å². The fraction of sp³-hybridized carbons (Fsp3) is 0.812. The smallest absolute Gasteiger partial charge is 0.124 e. The zero-order chi connectivity index (χ0) is 29.1. The maximum atomic E-state index is 13.0. The minimum atomic E-state index is -0.949. The summed E-state index contributed by atoms with van der Waals surface area (Å²) in [4.78, 5) is 0. The summed E-state index contributed by atoms with van der Waals surface area (Å²) in [7, 11) is 0.704. The van der Waals surface area contributed by atoms with E-state index in [1.807, 2.05) is 12.1 Å². The van der Waals surface area contributed by atoms with Crippen molar-refractivity contribution in [1.82, 2.24) is 0 Å². The molecule has 0 aliphatic carbocycles. The number of benzene rings is 1. The summed E-state index contributed by atoms with van der Waals surface area (Å²) in [5.41, 5.74) is 1.81. The normalized spacial score (nSPS) is 12.1. The zero-order valence-corrected chi connectivity index (χ0v) is 27.2. The van der Waals surface area contributed by atoms with Gasteiger partial charge in [0.1, 0.15) is 18.1 Å². The number of methoxy groups -OCH3 is 1. The van der Waals surface area contributed by atoms with Crippen LogP contribution < -0.4 is 9.47 Å². The second-order valence-electron chi connectivity index (χ2n) is 10.3. The minimum Gasteiger partial charge on any atom is -0.493 e. The van der Waals surface area contributed by atoms with E-state index in [2.05, 4.69) is 13.8 Å². The molecule has 1 rings (SSSR count). The van der Waals surface area contributed by atoms with Crippen LogP contribution in [0.15, 0.2) is 12.1 Å². The Morgan fingerprint density at radius 2 is 1.12 bits per heavy atom. The Hall–Kier alpha value is -0.860. The number of rotatable bonds is 29. The van der Waals surface area contributed by atoms with Crippen molar-refractivity contribution in [2.24, 2.45) is 0 Å². The second kappa shape index (κ2) is 27.0. The molecule has 1 aromatic rings. The molecule has 1 unspecified atom stereocenters. The van der Waals surface area contributed by atoms with E-state index in [1.165, 1.54) is 64.2 Å². The maximum Gasteiger partial charge on any atom is 0.124 e. The monoisotopic (exact) mass is 604 g/mol. The van der Waals surface area contributed by atoms with E-state index in [4.69, 9.17) is 35.3 Å². The average Bonchev–Trinajstić information content (AvgIpc) is 2.96. The zero-order valence-electron chi connectivity index (χ0n) is 25.7. The molecule has 0 N–H and O–H groups in total. The van der Waals surface area contributed by atoms with Gasteiger partial charge in [-0.05, 0) is 25.0 Å². The molecule has 0 aliphatic rings. The van der Waals surface area contributed by atoms with Gasteiger partial charge in [0.2, 0.25) is 0 Å². The van der Waals surface area contributed by atoms with Gasteiger partial charge in [0, 0.05) is 34.8 Å². The van der Waals surface area contributed by atoms with E-state index < -0.39 is 10.8 Å². The quantitative estimate of drug-likeness (QED) is 0.0678. The lowest BCUT2D eigenvalue weighted by Gasteiger charge is -2.17. The van der Waals surface area contributed by atoms with Gasteiger partial charge in [-0.2, -0.15) is 0 Å². The van der Waals surface area contributed by atoms with Crippen LogP contribution in [0.3, 0.4) is 0 Å². The van der Waals surface area contributed by atoms with Crippen molar-refractivity contribution in [3.63, 3.8) is 0 Å². The van der Waals surface area contributed by atoms with Gasteiger partial charge >= 0.3 is 0 Å². The van der Waals surface area contributed by atoms with Crippen LogP contribution in [0.1, 0.15) is 108 Å². The van der Waals surface area contributed by atoms with Crippen molar-refractivity contribution in [2.45, 2.75) is 109 Å². The Labute approximate surface area is 252 Å². The van der Waals surface area contributed by atoms with Crippen molar-refractivity contribution < 1.29 is 27.9 Å². The summed E-state index contributed by atoms with van der Waals surface area (Å²) in [6.07, 6.45) is 15.8. The van der Waals surface area contributed by atoms with Crippen LogP contribution in [0, 0.1) is 0 Å². The standard InChI is InChI=1S/C32H57ClO6S/c1-4-6-8-10-12-13-15-17-38-32-25-29(27-33)31(39-23-22-37-21-20-36-19-18-35-3)26-30(32)28-40(34)24-16-14-11-9-7-5-2/h25-26H,4-24,27-28H2,1-3H3. The molecule has 1 aromatic carbocycles. The summed E-state index contributed by atoms with van der Waals surface area (Å²) in [5.74, 6) is 3.00. The average molecular weight is 605 g/mol. The third-order valence-electron chi connectivity index (χ3n) is 6.72. The Bertz CT molecular complexity index is 748. The minimum absolute atomic E-state index is 0.318. The lowest BCUT2D eigenvalue weighted by atomic mass is 10.1. The molecule has 6 nitrogen and oxygen atoms in total. The molecule has 0 aliphatic heterocycles. The van der Waals surface area contributed by atoms with Crippen molar-refractivity contribution in [1.29, 1.82) is 0 Å². The number of alkyl halides is 1. The van der Waals surface area contributed by atoms with Crippen molar-refractivity contribution in [3.8, 4) is 11.5 Å². The molecule has 234 valence electrons. The van der Waals surface area contributed by atoms with E-state index >= 15 is 0 Å². The first-order valence-electron chi connectivity index (χ1n) is 15.6. The van der Waals surface area contributed by atoms with Gasteiger partial charge in [-0.25, -0.2) is 0 Å². The lowest BCUT2D eigenvalue weighted by molar-refractivity contribution is 0.0179. The number of hydrogen-bond donors (Lipinski definition) is 0. The largest absolute Gasteiger partial charge is 0.493 e. The molecule has 0 saturated carbocycles. The van der Waals surface area contributed by atoms with Gasteiger partial charge in [-0.3, -0.25) is 4.21 Å². The summed E-state index contributed by atoms with van der Waals surface area (Å²) in [6, 6.07) is 3.95. The summed E-state index contributed by atoms with van der Waals surface area (Å²) in [6.45, 7) is 8.15. The highest BCUT2D eigenvalue weighted by atomic mass is 35.5. The third kappa shape index (κ3) is 19.3. The third-order valence-corrected chi connectivity index (χ3v) is 8.39. The highest BCUT2D eigenvalue weighted by molar-refractivity contribution is 7.84. The van der Waals surface area contributed by atoms with E-state index in [1.54, 1.807) is 7.11 Å². The highest BCUT2D eigenvalue weighted by Crippen LogP contribution is 2.32. The first-order chi connectivity index (χ1) is 19.7. The molecular weight excluding hydrogens is 548 g/mol. The number of unbranched alkanes of at least 4 members (excludes halogenated alkanes) is 11. The molecule has 0 spiro atoms. The molecule has 0 amide bonds. The second-order valence-corrected chi connectivity index (χ2v) is 12.1. The van der Waals surface area contributed by atoms with Gasteiger partial charge in [-0.15, -0.1) is 11.6 Å². The molecule has 0 bridgehead atoms. The molecule has 1 atom stereocenters. The Balaban J connectivity index is 2.67. The van der Waals surface area contributed by atoms with Crippen LogP contribution >= 0.6 is 11.6 Å². The van der Waals surface area contributed by atoms with Crippen LogP contribution in [0.4, 0.5) is 0 Å². The Morgan fingerprint density at radius 3 is 1.75 bits per heavy atom. The van der Waals surface area contributed by atoms with Crippen LogP contribution in [0.2, 0.25) is 0 Å². The Morgan fingerprint density at radius 1 is 0.625 bits per heavy atom. The summed E-state index contributed by atoms with van der Waals surface area (Å²) >= 11 is 6.30. The molecule has 8 heteroatoms. The van der Waals surface area contributed by atoms with Crippen LogP contribution in [-0.2, 0) is 36.6 Å². The number of ether oxygens (including phenoxy) is 5. The number of hydrogen-bond acceptors (Lipinski definition) is 6. The van der Waals surface area contributed by atoms with Gasteiger partial charge < -0.3 is 23.7 Å². The van der Waals surface area contributed by atoms with Crippen molar-refractivity contribution in [2.75, 3.05) is 59.1 Å². The Kier molecular flexibility index (Phi) is 25.1. The van der Waals surface area contributed by atoms with Gasteiger partial charge in [0.15, 0.2) is 0 Å². The summed E-state index contributed by atoms with van der Waals surface area (Å²) < 4.78 is 41.3.